The minimum Gasteiger partial charge on any atom is -0.459 e. The summed E-state index contributed by atoms with van der Waals surface area (Å²) in [6.07, 6.45) is 3.45. The van der Waals surface area contributed by atoms with Gasteiger partial charge in [0.2, 0.25) is 0 Å². The Kier molecular flexibility index (Phi) is 4.59. The molecule has 0 aliphatic carbocycles. The first-order chi connectivity index (χ1) is 7.61. The van der Waals surface area contributed by atoms with Gasteiger partial charge in [-0.05, 0) is 38.8 Å². The molecule has 1 heterocycles. The van der Waals surface area contributed by atoms with E-state index in [0.29, 0.717) is 5.76 Å². The van der Waals surface area contributed by atoms with E-state index >= 15 is 0 Å². The zero-order chi connectivity index (χ0) is 12.1. The summed E-state index contributed by atoms with van der Waals surface area (Å²) in [5.41, 5.74) is 0. The minimum atomic E-state index is -0.00583. The molecule has 1 amide bonds. The Morgan fingerprint density at radius 1 is 1.31 bits per heavy atom. The van der Waals surface area contributed by atoms with Gasteiger partial charge in [-0.3, -0.25) is 4.79 Å². The molecular formula is C13H21NO2. The van der Waals surface area contributed by atoms with Crippen molar-refractivity contribution in [3.05, 3.63) is 24.2 Å². The van der Waals surface area contributed by atoms with Gasteiger partial charge in [0.1, 0.15) is 0 Å². The van der Waals surface area contributed by atoms with Crippen molar-refractivity contribution in [2.75, 3.05) is 0 Å². The zero-order valence-electron chi connectivity index (χ0n) is 10.6. The average molecular weight is 223 g/mol. The Bertz CT molecular complexity index is 309. The maximum Gasteiger partial charge on any atom is 0.290 e. The van der Waals surface area contributed by atoms with Gasteiger partial charge in [-0.2, -0.15) is 0 Å². The van der Waals surface area contributed by atoms with Crippen LogP contribution in [0.1, 0.15) is 51.1 Å². The van der Waals surface area contributed by atoms with Crippen LogP contribution in [-0.4, -0.2) is 22.9 Å². The van der Waals surface area contributed by atoms with E-state index in [-0.39, 0.29) is 18.0 Å². The molecule has 0 saturated carbocycles. The second kappa shape index (κ2) is 5.73. The van der Waals surface area contributed by atoms with Gasteiger partial charge in [0, 0.05) is 12.1 Å². The molecule has 0 fully saturated rings. The number of nitrogens with zero attached hydrogens (tertiary/aromatic N) is 1. The summed E-state index contributed by atoms with van der Waals surface area (Å²) >= 11 is 0. The number of amides is 1. The molecule has 0 unspecified atom stereocenters. The second-order valence-electron chi connectivity index (χ2n) is 4.20. The maximum atomic E-state index is 12.2. The van der Waals surface area contributed by atoms with E-state index in [1.165, 1.54) is 0 Å². The van der Waals surface area contributed by atoms with Gasteiger partial charge in [0.05, 0.1) is 6.26 Å². The van der Waals surface area contributed by atoms with Crippen molar-refractivity contribution >= 4 is 5.91 Å². The predicted molar refractivity (Wildman–Crippen MR) is 64.4 cm³/mol. The zero-order valence-corrected chi connectivity index (χ0v) is 10.6. The van der Waals surface area contributed by atoms with Crippen LogP contribution in [0.5, 0.6) is 0 Å². The molecule has 90 valence electrons. The van der Waals surface area contributed by atoms with Gasteiger partial charge in [-0.25, -0.2) is 0 Å². The summed E-state index contributed by atoms with van der Waals surface area (Å²) in [5, 5.41) is 0. The molecule has 0 aromatic carbocycles. The van der Waals surface area contributed by atoms with Crippen LogP contribution in [0.15, 0.2) is 22.8 Å². The minimum absolute atomic E-state index is 0.00583. The quantitative estimate of drug-likeness (QED) is 0.767. The van der Waals surface area contributed by atoms with Crippen molar-refractivity contribution in [3.63, 3.8) is 0 Å². The molecule has 16 heavy (non-hydrogen) atoms. The topological polar surface area (TPSA) is 33.5 Å². The molecule has 0 spiro atoms. The molecule has 3 nitrogen and oxygen atoms in total. The van der Waals surface area contributed by atoms with Crippen molar-refractivity contribution in [2.24, 2.45) is 0 Å². The Morgan fingerprint density at radius 2 is 1.88 bits per heavy atom. The summed E-state index contributed by atoms with van der Waals surface area (Å²) in [7, 11) is 0. The standard InChI is InChI=1S/C13H21NO2/c1-5-10(3)14(11(4)6-2)13(15)12-8-7-9-16-12/h7-11H,5-6H2,1-4H3/t10-,11-/m1/s1. The van der Waals surface area contributed by atoms with Gasteiger partial charge < -0.3 is 9.32 Å². The van der Waals surface area contributed by atoms with Crippen molar-refractivity contribution in [1.29, 1.82) is 0 Å². The van der Waals surface area contributed by atoms with E-state index in [4.69, 9.17) is 4.42 Å². The molecule has 1 aromatic heterocycles. The first-order valence-electron chi connectivity index (χ1n) is 5.97. The highest BCUT2D eigenvalue weighted by Crippen LogP contribution is 2.16. The molecule has 0 saturated heterocycles. The van der Waals surface area contributed by atoms with E-state index in [2.05, 4.69) is 27.7 Å². The van der Waals surface area contributed by atoms with Crippen LogP contribution < -0.4 is 0 Å². The van der Waals surface area contributed by atoms with Crippen LogP contribution in [0.2, 0.25) is 0 Å². The van der Waals surface area contributed by atoms with Crippen LogP contribution in [0.25, 0.3) is 0 Å². The normalized spacial score (nSPS) is 14.5. The van der Waals surface area contributed by atoms with Gasteiger partial charge in [-0.1, -0.05) is 13.8 Å². The van der Waals surface area contributed by atoms with E-state index in [0.717, 1.165) is 12.8 Å². The first kappa shape index (κ1) is 12.8. The summed E-state index contributed by atoms with van der Waals surface area (Å²) < 4.78 is 5.17. The average Bonchev–Trinajstić information content (AvgIpc) is 2.81. The van der Waals surface area contributed by atoms with Crippen molar-refractivity contribution < 1.29 is 9.21 Å². The van der Waals surface area contributed by atoms with Gasteiger partial charge >= 0.3 is 0 Å². The third-order valence-corrected chi connectivity index (χ3v) is 3.10. The fourth-order valence-electron chi connectivity index (χ4n) is 1.76. The molecule has 1 aromatic rings. The number of rotatable bonds is 5. The molecule has 0 N–H and O–H groups in total. The van der Waals surface area contributed by atoms with Crippen LogP contribution >= 0.6 is 0 Å². The van der Waals surface area contributed by atoms with Gasteiger partial charge in [-0.15, -0.1) is 0 Å². The van der Waals surface area contributed by atoms with E-state index in [1.54, 1.807) is 18.4 Å². The summed E-state index contributed by atoms with van der Waals surface area (Å²) in [6.45, 7) is 8.34. The fraction of sp³-hybridized carbons (Fsp3) is 0.615. The third kappa shape index (κ3) is 2.65. The molecule has 0 aliphatic heterocycles. The molecule has 0 radical (unpaired) electrons. The molecule has 3 heteroatoms. The van der Waals surface area contributed by atoms with E-state index in [9.17, 15) is 4.79 Å². The largest absolute Gasteiger partial charge is 0.459 e. The number of hydrogen-bond donors (Lipinski definition) is 0. The molecular weight excluding hydrogens is 202 g/mol. The van der Waals surface area contributed by atoms with Crippen LogP contribution in [0, 0.1) is 0 Å². The molecule has 0 aliphatic rings. The number of furan rings is 1. The maximum absolute atomic E-state index is 12.2. The molecule has 1 rings (SSSR count). The Hall–Kier alpha value is -1.25. The highest BCUT2D eigenvalue weighted by atomic mass is 16.3. The molecule has 2 atom stereocenters. The lowest BCUT2D eigenvalue weighted by Gasteiger charge is -2.33. The number of carbonyl (C=O) groups excluding carboxylic acids is 1. The van der Waals surface area contributed by atoms with Gasteiger partial charge in [0.25, 0.3) is 5.91 Å². The smallest absolute Gasteiger partial charge is 0.290 e. The SMILES string of the molecule is CC[C@@H](C)N(C(=O)c1ccco1)[C@H](C)CC. The molecule has 0 bridgehead atoms. The van der Waals surface area contributed by atoms with Crippen molar-refractivity contribution in [2.45, 2.75) is 52.6 Å². The van der Waals surface area contributed by atoms with E-state index in [1.807, 2.05) is 4.90 Å². The Balaban J connectivity index is 2.88. The lowest BCUT2D eigenvalue weighted by molar-refractivity contribution is 0.0565. The van der Waals surface area contributed by atoms with Gasteiger partial charge in [0.15, 0.2) is 5.76 Å². The highest BCUT2D eigenvalue weighted by Gasteiger charge is 2.26. The number of hydrogen-bond acceptors (Lipinski definition) is 2. The summed E-state index contributed by atoms with van der Waals surface area (Å²) in [4.78, 5) is 14.2. The van der Waals surface area contributed by atoms with Crippen LogP contribution in [-0.2, 0) is 0 Å². The lowest BCUT2D eigenvalue weighted by Crippen LogP contribution is -2.44. The van der Waals surface area contributed by atoms with Crippen LogP contribution in [0.3, 0.4) is 0 Å². The van der Waals surface area contributed by atoms with Crippen LogP contribution in [0.4, 0.5) is 0 Å². The first-order valence-corrected chi connectivity index (χ1v) is 5.97. The van der Waals surface area contributed by atoms with Crippen molar-refractivity contribution in [1.82, 2.24) is 4.90 Å². The Labute approximate surface area is 97.4 Å². The number of carbonyl (C=O) groups is 1. The van der Waals surface area contributed by atoms with Crippen molar-refractivity contribution in [3.8, 4) is 0 Å². The lowest BCUT2D eigenvalue weighted by atomic mass is 10.1. The monoisotopic (exact) mass is 223 g/mol. The highest BCUT2D eigenvalue weighted by molar-refractivity contribution is 5.91. The van der Waals surface area contributed by atoms with E-state index < -0.39 is 0 Å². The summed E-state index contributed by atoms with van der Waals surface area (Å²) in [6, 6.07) is 3.96. The summed E-state index contributed by atoms with van der Waals surface area (Å²) in [5.74, 6) is 0.425. The third-order valence-electron chi connectivity index (χ3n) is 3.10. The Morgan fingerprint density at radius 3 is 2.25 bits per heavy atom. The predicted octanol–water partition coefficient (Wildman–Crippen LogP) is 3.32. The fourth-order valence-corrected chi connectivity index (χ4v) is 1.76. The second-order valence-corrected chi connectivity index (χ2v) is 4.20.